The van der Waals surface area contributed by atoms with Crippen molar-refractivity contribution in [3.63, 3.8) is 0 Å². The summed E-state index contributed by atoms with van der Waals surface area (Å²) >= 11 is 0. The van der Waals surface area contributed by atoms with E-state index in [9.17, 15) is 54.3 Å². The SMILES string of the molecule is Cc1cc(COc2ccc(C(N)=O)c(C3[C@H](CC(=O)NO)CCCN3Cc3cccnc3)c2)c2ccccc2n1.O=C(O)C(F)(F)F.O=C(O)C(F)(F)F.O=C(O)C(F)(F)F. The van der Waals surface area contributed by atoms with Gasteiger partial charge in [-0.15, -0.1) is 0 Å². The minimum absolute atomic E-state index is 0.107. The molecular formula is C37H36F9N5O10. The van der Waals surface area contributed by atoms with E-state index in [4.69, 9.17) is 40.2 Å². The van der Waals surface area contributed by atoms with E-state index in [2.05, 4.69) is 14.9 Å². The molecular weight excluding hydrogens is 845 g/mol. The minimum Gasteiger partial charge on any atom is -0.489 e. The van der Waals surface area contributed by atoms with Gasteiger partial charge in [0.2, 0.25) is 11.8 Å². The summed E-state index contributed by atoms with van der Waals surface area (Å²) in [6, 6.07) is 18.9. The number of aliphatic carboxylic acids is 3. The maximum absolute atomic E-state index is 12.6. The van der Waals surface area contributed by atoms with Crippen LogP contribution in [0.3, 0.4) is 0 Å². The Kier molecular flexibility index (Phi) is 18.4. The molecule has 15 nitrogen and oxygen atoms in total. The summed E-state index contributed by atoms with van der Waals surface area (Å²) in [5.74, 6) is -8.85. The number of nitrogens with zero attached hydrogens (tertiary/aromatic N) is 3. The number of carboxylic acids is 3. The maximum atomic E-state index is 12.6. The van der Waals surface area contributed by atoms with Crippen LogP contribution in [0.1, 0.15) is 58.0 Å². The molecule has 0 bridgehead atoms. The van der Waals surface area contributed by atoms with Crippen molar-refractivity contribution < 1.29 is 88.8 Å². The van der Waals surface area contributed by atoms with Gasteiger partial charge in [-0.2, -0.15) is 39.5 Å². The standard InChI is InChI=1S/C31H33N5O4.3C2HF3O2/c1-20-14-23(25-8-2-3-9-28(25)34-20)19-40-24-10-11-26(31(32)38)27(16-24)30-22(15-29(37)35-39)7-5-13-36(30)18-21-6-4-12-33-17-21;3*3-2(4,5)1(6)7/h2-4,6,8-12,14,16-17,22,30,39H,5,7,13,15,18-19H2,1H3,(H2,32,38)(H,35,37);3*(H,6,7)/t22-,30?;;;/m0.../s1. The Labute approximate surface area is 338 Å². The number of aromatic nitrogens is 2. The number of ether oxygens (including phenoxy) is 1. The highest BCUT2D eigenvalue weighted by atomic mass is 19.4. The zero-order valence-electron chi connectivity index (χ0n) is 31.4. The summed E-state index contributed by atoms with van der Waals surface area (Å²) in [4.78, 5) is 62.7. The molecule has 0 radical (unpaired) electrons. The van der Waals surface area contributed by atoms with Crippen LogP contribution in [0.2, 0.25) is 0 Å². The Balaban J connectivity index is 0.000000502. The molecule has 0 saturated carbocycles. The number of aryl methyl sites for hydroxylation is 1. The van der Waals surface area contributed by atoms with Crippen molar-refractivity contribution in [3.8, 4) is 5.75 Å². The molecule has 2 atom stereocenters. The molecule has 2 amide bonds. The van der Waals surface area contributed by atoms with Crippen molar-refractivity contribution in [3.05, 3.63) is 101 Å². The number of rotatable bonds is 9. The van der Waals surface area contributed by atoms with Crippen LogP contribution in [-0.2, 0) is 32.3 Å². The Hall–Kier alpha value is -6.56. The fraction of sp³-hybridized carbons (Fsp3) is 0.324. The number of hydroxylamine groups is 1. The van der Waals surface area contributed by atoms with Gasteiger partial charge in [0.05, 0.1) is 5.52 Å². The van der Waals surface area contributed by atoms with Crippen LogP contribution in [0.5, 0.6) is 5.75 Å². The zero-order valence-corrected chi connectivity index (χ0v) is 31.4. The van der Waals surface area contributed by atoms with E-state index in [1.54, 1.807) is 23.8 Å². The van der Waals surface area contributed by atoms with E-state index in [0.29, 0.717) is 30.0 Å². The fourth-order valence-corrected chi connectivity index (χ4v) is 5.78. The summed E-state index contributed by atoms with van der Waals surface area (Å²) in [6.45, 7) is 3.63. The van der Waals surface area contributed by atoms with Gasteiger partial charge in [0.15, 0.2) is 0 Å². The second-order valence-electron chi connectivity index (χ2n) is 12.7. The molecule has 1 aliphatic rings. The number of likely N-dealkylation sites (tertiary alicyclic amines) is 1. The molecule has 7 N–H and O–H groups in total. The predicted molar refractivity (Wildman–Crippen MR) is 192 cm³/mol. The number of halogens is 9. The Morgan fingerprint density at radius 1 is 0.852 bits per heavy atom. The van der Waals surface area contributed by atoms with Gasteiger partial charge in [-0.05, 0) is 79.8 Å². The zero-order chi connectivity index (χ0) is 46.3. The number of carboxylic acid groups (broad SMARTS) is 3. The molecule has 61 heavy (non-hydrogen) atoms. The van der Waals surface area contributed by atoms with Crippen molar-refractivity contribution in [1.29, 1.82) is 0 Å². The number of piperidine rings is 1. The first-order valence-electron chi connectivity index (χ1n) is 17.1. The average Bonchev–Trinajstić information content (AvgIpc) is 3.17. The molecule has 0 aliphatic carbocycles. The van der Waals surface area contributed by atoms with Crippen molar-refractivity contribution in [2.24, 2.45) is 11.7 Å². The Morgan fingerprint density at radius 3 is 1.93 bits per heavy atom. The van der Waals surface area contributed by atoms with Crippen LogP contribution in [0.15, 0.2) is 73.1 Å². The highest BCUT2D eigenvalue weighted by Gasteiger charge is 2.40. The summed E-state index contributed by atoms with van der Waals surface area (Å²) < 4.78 is 101. The summed E-state index contributed by atoms with van der Waals surface area (Å²) in [5.41, 5.74) is 12.6. The van der Waals surface area contributed by atoms with Crippen LogP contribution < -0.4 is 16.0 Å². The van der Waals surface area contributed by atoms with Crippen LogP contribution in [0.4, 0.5) is 39.5 Å². The number of hydrogen-bond donors (Lipinski definition) is 6. The van der Waals surface area contributed by atoms with Crippen molar-refractivity contribution in [2.45, 2.75) is 63.9 Å². The summed E-state index contributed by atoms with van der Waals surface area (Å²) in [7, 11) is 0. The summed E-state index contributed by atoms with van der Waals surface area (Å²) in [5, 5.41) is 31.7. The number of hydrogen-bond acceptors (Lipinski definition) is 10. The van der Waals surface area contributed by atoms with Gasteiger partial charge >= 0.3 is 36.4 Å². The fourth-order valence-electron chi connectivity index (χ4n) is 5.78. The molecule has 24 heteroatoms. The number of para-hydroxylation sites is 1. The number of benzene rings is 2. The van der Waals surface area contributed by atoms with Gasteiger partial charge in [-0.25, -0.2) is 19.9 Å². The van der Waals surface area contributed by atoms with E-state index in [-0.39, 0.29) is 18.4 Å². The highest BCUT2D eigenvalue weighted by Crippen LogP contribution is 2.41. The largest absolute Gasteiger partial charge is 0.490 e. The van der Waals surface area contributed by atoms with Crippen LogP contribution in [0.25, 0.3) is 10.9 Å². The second kappa shape index (κ2) is 22.2. The quantitative estimate of drug-likeness (QED) is 0.0610. The number of alkyl halides is 9. The number of carbonyl (C=O) groups excluding carboxylic acids is 2. The van der Waals surface area contributed by atoms with E-state index in [1.165, 1.54) is 0 Å². The molecule has 1 aliphatic heterocycles. The molecule has 3 heterocycles. The number of pyridine rings is 2. The lowest BCUT2D eigenvalue weighted by molar-refractivity contribution is -0.193. The molecule has 0 spiro atoms. The number of primary amides is 1. The number of nitrogens with two attached hydrogens (primary N) is 1. The lowest BCUT2D eigenvalue weighted by atomic mass is 9.80. The average molecular weight is 882 g/mol. The third-order valence-corrected chi connectivity index (χ3v) is 8.20. The van der Waals surface area contributed by atoms with Gasteiger partial charge in [0, 0.05) is 53.6 Å². The topological polar surface area (TPSA) is 243 Å². The third kappa shape index (κ3) is 16.5. The smallest absolute Gasteiger partial charge is 0.489 e. The third-order valence-electron chi connectivity index (χ3n) is 8.20. The number of carbonyl (C=O) groups is 5. The molecule has 332 valence electrons. The van der Waals surface area contributed by atoms with Crippen molar-refractivity contribution in [2.75, 3.05) is 6.54 Å². The van der Waals surface area contributed by atoms with Crippen LogP contribution in [0, 0.1) is 12.8 Å². The van der Waals surface area contributed by atoms with Gasteiger partial charge in [0.1, 0.15) is 12.4 Å². The Bertz CT molecular complexity index is 2080. The minimum atomic E-state index is -5.08. The lowest BCUT2D eigenvalue weighted by Crippen LogP contribution is -2.41. The van der Waals surface area contributed by atoms with E-state index < -0.39 is 48.3 Å². The first-order valence-corrected chi connectivity index (χ1v) is 17.1. The van der Waals surface area contributed by atoms with E-state index in [1.807, 2.05) is 61.7 Å². The second-order valence-corrected chi connectivity index (χ2v) is 12.7. The summed E-state index contributed by atoms with van der Waals surface area (Å²) in [6.07, 6.45) is -9.97. The Morgan fingerprint density at radius 2 is 1.43 bits per heavy atom. The van der Waals surface area contributed by atoms with Crippen LogP contribution in [-0.4, -0.2) is 90.2 Å². The maximum Gasteiger partial charge on any atom is 0.490 e. The van der Waals surface area contributed by atoms with Gasteiger partial charge < -0.3 is 25.8 Å². The number of nitrogens with one attached hydrogen (secondary N) is 1. The van der Waals surface area contributed by atoms with Gasteiger partial charge in [-0.1, -0.05) is 24.3 Å². The first kappa shape index (κ1) is 50.6. The lowest BCUT2D eigenvalue weighted by Gasteiger charge is -2.42. The predicted octanol–water partition coefficient (Wildman–Crippen LogP) is 6.36. The number of amides is 2. The van der Waals surface area contributed by atoms with Crippen molar-refractivity contribution >= 4 is 40.6 Å². The molecule has 1 saturated heterocycles. The molecule has 2 aromatic heterocycles. The molecule has 2 aromatic carbocycles. The van der Waals surface area contributed by atoms with E-state index in [0.717, 1.165) is 47.1 Å². The molecule has 5 rings (SSSR count). The van der Waals surface area contributed by atoms with Gasteiger partial charge in [0.25, 0.3) is 0 Å². The van der Waals surface area contributed by atoms with E-state index >= 15 is 0 Å². The van der Waals surface area contributed by atoms with Gasteiger partial charge in [-0.3, -0.25) is 29.7 Å². The highest BCUT2D eigenvalue weighted by molar-refractivity contribution is 5.94. The molecule has 1 unspecified atom stereocenters. The molecule has 4 aromatic rings. The first-order chi connectivity index (χ1) is 28.3. The van der Waals surface area contributed by atoms with Crippen molar-refractivity contribution in [1.82, 2.24) is 20.3 Å². The normalized spacial score (nSPS) is 15.3. The number of fused-ring (bicyclic) bond motifs is 1. The van der Waals surface area contributed by atoms with Crippen LogP contribution >= 0.6 is 0 Å². The molecule has 1 fully saturated rings. The monoisotopic (exact) mass is 881 g/mol.